The maximum absolute atomic E-state index is 10.6. The van der Waals surface area contributed by atoms with Crippen molar-refractivity contribution in [1.29, 1.82) is 0 Å². The van der Waals surface area contributed by atoms with Gasteiger partial charge in [0.2, 0.25) is 0 Å². The fraction of sp³-hybridized carbons (Fsp3) is 0.917. The Morgan fingerprint density at radius 3 is 2.75 bits per heavy atom. The molecule has 1 aliphatic rings. The molecule has 4 nitrogen and oxygen atoms in total. The molecule has 94 valence electrons. The molecule has 1 saturated heterocycles. The van der Waals surface area contributed by atoms with Gasteiger partial charge >= 0.3 is 5.97 Å². The van der Waals surface area contributed by atoms with Crippen molar-refractivity contribution in [2.75, 3.05) is 19.7 Å². The smallest absolute Gasteiger partial charge is 0.304 e. The van der Waals surface area contributed by atoms with Crippen LogP contribution >= 0.6 is 0 Å². The molecule has 1 rings (SSSR count). The number of carboxylic acid groups (broad SMARTS) is 1. The fourth-order valence-corrected chi connectivity index (χ4v) is 2.35. The summed E-state index contributed by atoms with van der Waals surface area (Å²) >= 11 is 0. The molecule has 0 aromatic heterocycles. The Labute approximate surface area is 97.6 Å². The van der Waals surface area contributed by atoms with Crippen LogP contribution in [0, 0.1) is 0 Å². The number of hydrogen-bond donors (Lipinski definition) is 1. The first kappa shape index (κ1) is 13.5. The number of aliphatic carboxylic acids is 1. The van der Waals surface area contributed by atoms with Gasteiger partial charge in [0.1, 0.15) is 0 Å². The number of carboxylic acids is 1. The molecule has 1 N–H and O–H groups in total. The Hall–Kier alpha value is -0.610. The lowest BCUT2D eigenvalue weighted by Crippen LogP contribution is -2.46. The van der Waals surface area contributed by atoms with Crippen molar-refractivity contribution in [3.05, 3.63) is 0 Å². The minimum atomic E-state index is -0.718. The predicted molar refractivity (Wildman–Crippen MR) is 62.6 cm³/mol. The Morgan fingerprint density at radius 2 is 2.25 bits per heavy atom. The lowest BCUT2D eigenvalue weighted by molar-refractivity contribution is -0.137. The molecule has 0 spiro atoms. The van der Waals surface area contributed by atoms with Crippen LogP contribution in [0.5, 0.6) is 0 Å². The molecule has 0 amide bonds. The van der Waals surface area contributed by atoms with E-state index in [2.05, 4.69) is 25.7 Å². The minimum Gasteiger partial charge on any atom is -0.481 e. The highest BCUT2D eigenvalue weighted by Gasteiger charge is 2.31. The Balaban J connectivity index is 2.48. The van der Waals surface area contributed by atoms with Gasteiger partial charge in [0.15, 0.2) is 0 Å². The van der Waals surface area contributed by atoms with Crippen LogP contribution < -0.4 is 0 Å². The van der Waals surface area contributed by atoms with E-state index in [1.807, 2.05) is 0 Å². The number of carbonyl (C=O) groups is 1. The average Bonchev–Trinajstić information content (AvgIpc) is 2.16. The predicted octanol–water partition coefficient (Wildman–Crippen LogP) is 1.74. The van der Waals surface area contributed by atoms with E-state index in [0.717, 1.165) is 26.0 Å². The third-order valence-electron chi connectivity index (χ3n) is 3.21. The van der Waals surface area contributed by atoms with Gasteiger partial charge in [0.05, 0.1) is 12.0 Å². The minimum absolute atomic E-state index is 0.0699. The standard InChI is InChI=1S/C12H23NO3/c1-4-13(7-5-11(14)15)10-6-8-16-12(2,3)9-10/h10H,4-9H2,1-3H3,(H,14,15). The van der Waals surface area contributed by atoms with Crippen LogP contribution in [0.2, 0.25) is 0 Å². The molecule has 1 fully saturated rings. The van der Waals surface area contributed by atoms with Crippen LogP contribution in [0.25, 0.3) is 0 Å². The molecule has 0 aromatic carbocycles. The van der Waals surface area contributed by atoms with Gasteiger partial charge in [-0.15, -0.1) is 0 Å². The first-order chi connectivity index (χ1) is 7.44. The van der Waals surface area contributed by atoms with Gasteiger partial charge in [-0.1, -0.05) is 6.92 Å². The summed E-state index contributed by atoms with van der Waals surface area (Å²) in [5, 5.41) is 8.71. The highest BCUT2D eigenvalue weighted by Crippen LogP contribution is 2.27. The van der Waals surface area contributed by atoms with Crippen LogP contribution in [-0.4, -0.2) is 47.3 Å². The summed E-state index contributed by atoms with van der Waals surface area (Å²) in [4.78, 5) is 12.8. The third-order valence-corrected chi connectivity index (χ3v) is 3.21. The maximum atomic E-state index is 10.6. The van der Waals surface area contributed by atoms with Crippen molar-refractivity contribution in [2.45, 2.75) is 51.7 Å². The molecule has 0 radical (unpaired) electrons. The summed E-state index contributed by atoms with van der Waals surface area (Å²) in [6.07, 6.45) is 2.23. The Morgan fingerprint density at radius 1 is 1.56 bits per heavy atom. The topological polar surface area (TPSA) is 49.8 Å². The van der Waals surface area contributed by atoms with E-state index in [9.17, 15) is 4.79 Å². The van der Waals surface area contributed by atoms with Crippen LogP contribution in [0.1, 0.15) is 40.0 Å². The lowest BCUT2D eigenvalue weighted by Gasteiger charge is -2.40. The van der Waals surface area contributed by atoms with E-state index in [-0.39, 0.29) is 12.0 Å². The summed E-state index contributed by atoms with van der Waals surface area (Å²) in [5.74, 6) is -0.718. The first-order valence-electron chi connectivity index (χ1n) is 6.04. The lowest BCUT2D eigenvalue weighted by atomic mass is 9.92. The molecule has 1 aliphatic heterocycles. The highest BCUT2D eigenvalue weighted by molar-refractivity contribution is 5.66. The second kappa shape index (κ2) is 5.64. The Kier molecular flexibility index (Phi) is 4.74. The molecule has 16 heavy (non-hydrogen) atoms. The molecule has 4 heteroatoms. The molecule has 0 aromatic rings. The first-order valence-corrected chi connectivity index (χ1v) is 6.04. The molecular weight excluding hydrogens is 206 g/mol. The number of rotatable bonds is 5. The zero-order valence-electron chi connectivity index (χ0n) is 10.5. The summed E-state index contributed by atoms with van der Waals surface area (Å²) < 4.78 is 5.67. The molecule has 0 bridgehead atoms. The number of ether oxygens (including phenoxy) is 1. The monoisotopic (exact) mass is 229 g/mol. The van der Waals surface area contributed by atoms with Gasteiger partial charge in [-0.25, -0.2) is 0 Å². The van der Waals surface area contributed by atoms with E-state index in [1.54, 1.807) is 0 Å². The molecule has 1 heterocycles. The summed E-state index contributed by atoms with van der Waals surface area (Å²) in [6, 6.07) is 0.466. The SMILES string of the molecule is CCN(CCC(=O)O)C1CCOC(C)(C)C1. The molecular formula is C12H23NO3. The van der Waals surface area contributed by atoms with Gasteiger partial charge in [-0.2, -0.15) is 0 Å². The number of nitrogens with zero attached hydrogens (tertiary/aromatic N) is 1. The molecule has 1 atom stereocenters. The second-order valence-electron chi connectivity index (χ2n) is 5.03. The normalized spacial score (nSPS) is 24.6. The Bertz CT molecular complexity index is 240. The van der Waals surface area contributed by atoms with Crippen molar-refractivity contribution in [1.82, 2.24) is 4.90 Å². The van der Waals surface area contributed by atoms with Gasteiger partial charge < -0.3 is 9.84 Å². The van der Waals surface area contributed by atoms with Crippen molar-refractivity contribution < 1.29 is 14.6 Å². The van der Waals surface area contributed by atoms with Crippen molar-refractivity contribution in [3.63, 3.8) is 0 Å². The maximum Gasteiger partial charge on any atom is 0.304 e. The van der Waals surface area contributed by atoms with E-state index in [4.69, 9.17) is 9.84 Å². The van der Waals surface area contributed by atoms with Crippen LogP contribution in [-0.2, 0) is 9.53 Å². The largest absolute Gasteiger partial charge is 0.481 e. The van der Waals surface area contributed by atoms with Gasteiger partial charge in [-0.05, 0) is 33.2 Å². The van der Waals surface area contributed by atoms with Crippen LogP contribution in [0.4, 0.5) is 0 Å². The van der Waals surface area contributed by atoms with E-state index in [1.165, 1.54) is 0 Å². The average molecular weight is 229 g/mol. The van der Waals surface area contributed by atoms with Gasteiger partial charge in [0.25, 0.3) is 0 Å². The summed E-state index contributed by atoms with van der Waals surface area (Å²) in [6.45, 7) is 8.63. The van der Waals surface area contributed by atoms with Crippen LogP contribution in [0.15, 0.2) is 0 Å². The fourth-order valence-electron chi connectivity index (χ4n) is 2.35. The molecule has 1 unspecified atom stereocenters. The van der Waals surface area contributed by atoms with Gasteiger partial charge in [0, 0.05) is 19.2 Å². The second-order valence-corrected chi connectivity index (χ2v) is 5.03. The molecule has 0 saturated carbocycles. The van der Waals surface area contributed by atoms with Gasteiger partial charge in [-0.3, -0.25) is 9.69 Å². The summed E-state index contributed by atoms with van der Waals surface area (Å²) in [7, 11) is 0. The van der Waals surface area contributed by atoms with E-state index < -0.39 is 5.97 Å². The van der Waals surface area contributed by atoms with Crippen LogP contribution in [0.3, 0.4) is 0 Å². The van der Waals surface area contributed by atoms with Crippen molar-refractivity contribution in [3.8, 4) is 0 Å². The number of hydrogen-bond acceptors (Lipinski definition) is 3. The third kappa shape index (κ3) is 4.10. The van der Waals surface area contributed by atoms with E-state index >= 15 is 0 Å². The quantitative estimate of drug-likeness (QED) is 0.780. The van der Waals surface area contributed by atoms with Crippen molar-refractivity contribution in [2.24, 2.45) is 0 Å². The highest BCUT2D eigenvalue weighted by atomic mass is 16.5. The summed E-state index contributed by atoms with van der Waals surface area (Å²) in [5.41, 5.74) is -0.0699. The van der Waals surface area contributed by atoms with Crippen molar-refractivity contribution >= 4 is 5.97 Å². The van der Waals surface area contributed by atoms with E-state index in [0.29, 0.717) is 12.6 Å². The zero-order chi connectivity index (χ0) is 12.2. The zero-order valence-corrected chi connectivity index (χ0v) is 10.5. The molecule has 0 aliphatic carbocycles.